The van der Waals surface area contributed by atoms with Gasteiger partial charge in [0.2, 0.25) is 0 Å². The summed E-state index contributed by atoms with van der Waals surface area (Å²) in [6.45, 7) is 13.0. The van der Waals surface area contributed by atoms with Crippen molar-refractivity contribution < 1.29 is 0 Å². The maximum Gasteiger partial charge on any atom is -0.0281 e. The molecule has 0 N–H and O–H groups in total. The van der Waals surface area contributed by atoms with Gasteiger partial charge in [-0.25, -0.2) is 0 Å². The molecule has 0 saturated carbocycles. The molecule has 26 heavy (non-hydrogen) atoms. The fraction of sp³-hybridized carbons (Fsp3) is 0.538. The Labute approximate surface area is 165 Å². The minimum absolute atomic E-state index is 0. The summed E-state index contributed by atoms with van der Waals surface area (Å²) in [5.74, 6) is 0. The molecule has 0 unspecified atom stereocenters. The molecule has 0 aliphatic rings. The van der Waals surface area contributed by atoms with Gasteiger partial charge in [0.1, 0.15) is 0 Å². The summed E-state index contributed by atoms with van der Waals surface area (Å²) in [6.07, 6.45) is 8.63. The second-order valence-corrected chi connectivity index (χ2v) is 6.76. The first-order valence-electron chi connectivity index (χ1n) is 10.2. The lowest BCUT2D eigenvalue weighted by molar-refractivity contribution is 0.895. The van der Waals surface area contributed by atoms with Crippen molar-refractivity contribution in [3.05, 3.63) is 70.8 Å². The molecule has 0 saturated heterocycles. The van der Waals surface area contributed by atoms with Crippen molar-refractivity contribution in [1.29, 1.82) is 0 Å². The molecular weight excluding hydrogens is 312 g/mol. The minimum atomic E-state index is 0. The van der Waals surface area contributed by atoms with E-state index in [1.54, 1.807) is 0 Å². The highest BCUT2D eigenvalue weighted by Crippen LogP contribution is 2.09. The Balaban J connectivity index is 0. The third kappa shape index (κ3) is 13.7. The average molecular weight is 357 g/mol. The first-order chi connectivity index (χ1) is 12.1. The van der Waals surface area contributed by atoms with Crippen LogP contribution in [0.1, 0.15) is 90.0 Å². The molecule has 0 aromatic heterocycles. The molecule has 0 radical (unpaired) electrons. The molecule has 148 valence electrons. The van der Waals surface area contributed by atoms with Crippen molar-refractivity contribution in [2.24, 2.45) is 0 Å². The lowest BCUT2D eigenvalue weighted by Gasteiger charge is -2.02. The predicted octanol–water partition coefficient (Wildman–Crippen LogP) is 8.59. The summed E-state index contributed by atoms with van der Waals surface area (Å²) in [7, 11) is 0. The van der Waals surface area contributed by atoms with E-state index >= 15 is 0 Å². The Kier molecular flexibility index (Phi) is 18.7. The number of hydrogen-bond donors (Lipinski definition) is 0. The van der Waals surface area contributed by atoms with Crippen LogP contribution in [0.3, 0.4) is 0 Å². The SMILES string of the molecule is C.CCC.CCCc1ccc(C)cc1.CCCc1cccc(CCC)c1. The molecule has 0 fully saturated rings. The van der Waals surface area contributed by atoms with Crippen molar-refractivity contribution in [3.63, 3.8) is 0 Å². The van der Waals surface area contributed by atoms with Crippen molar-refractivity contribution in [2.75, 3.05) is 0 Å². The van der Waals surface area contributed by atoms with Gasteiger partial charge in [-0.15, -0.1) is 0 Å². The van der Waals surface area contributed by atoms with Crippen LogP contribution in [0, 0.1) is 6.92 Å². The Hall–Kier alpha value is -1.56. The molecular formula is C26H44. The van der Waals surface area contributed by atoms with Crippen LogP contribution in [0.15, 0.2) is 48.5 Å². The van der Waals surface area contributed by atoms with E-state index in [1.807, 2.05) is 0 Å². The predicted molar refractivity (Wildman–Crippen MR) is 122 cm³/mol. The summed E-state index contributed by atoms with van der Waals surface area (Å²) in [4.78, 5) is 0. The smallest absolute Gasteiger partial charge is 0.0281 e. The summed E-state index contributed by atoms with van der Waals surface area (Å²) in [6, 6.07) is 17.7. The van der Waals surface area contributed by atoms with E-state index in [0.717, 1.165) is 0 Å². The zero-order valence-electron chi connectivity index (χ0n) is 17.6. The van der Waals surface area contributed by atoms with E-state index in [0.29, 0.717) is 0 Å². The average Bonchev–Trinajstić information content (AvgIpc) is 2.60. The van der Waals surface area contributed by atoms with Crippen LogP contribution in [0.4, 0.5) is 0 Å². The number of aryl methyl sites for hydroxylation is 4. The van der Waals surface area contributed by atoms with E-state index in [-0.39, 0.29) is 7.43 Å². The van der Waals surface area contributed by atoms with Crippen LogP contribution >= 0.6 is 0 Å². The maximum absolute atomic E-state index is 2.34. The van der Waals surface area contributed by atoms with Gasteiger partial charge < -0.3 is 0 Å². The molecule has 0 heteroatoms. The summed E-state index contributed by atoms with van der Waals surface area (Å²) < 4.78 is 0. The molecule has 0 nitrogen and oxygen atoms in total. The van der Waals surface area contributed by atoms with Crippen LogP contribution in [-0.4, -0.2) is 0 Å². The number of hydrogen-bond acceptors (Lipinski definition) is 0. The van der Waals surface area contributed by atoms with Gasteiger partial charge in [-0.2, -0.15) is 0 Å². The van der Waals surface area contributed by atoms with E-state index in [4.69, 9.17) is 0 Å². The Bertz CT molecular complexity index is 501. The molecule has 0 aliphatic carbocycles. The van der Waals surface area contributed by atoms with E-state index < -0.39 is 0 Å². The number of benzene rings is 2. The molecule has 0 heterocycles. The lowest BCUT2D eigenvalue weighted by Crippen LogP contribution is -1.87. The largest absolute Gasteiger partial charge is 0.0776 e. The van der Waals surface area contributed by atoms with Crippen molar-refractivity contribution in [3.8, 4) is 0 Å². The highest BCUT2D eigenvalue weighted by atomic mass is 14.0. The zero-order chi connectivity index (χ0) is 18.9. The van der Waals surface area contributed by atoms with Crippen molar-refractivity contribution in [2.45, 2.75) is 93.9 Å². The lowest BCUT2D eigenvalue weighted by atomic mass is 10.0. The Morgan fingerprint density at radius 3 is 1.35 bits per heavy atom. The molecule has 0 aliphatic heterocycles. The molecule has 0 atom stereocenters. The van der Waals surface area contributed by atoms with Crippen LogP contribution < -0.4 is 0 Å². The van der Waals surface area contributed by atoms with Gasteiger partial charge in [0.15, 0.2) is 0 Å². The van der Waals surface area contributed by atoms with Gasteiger partial charge in [0.25, 0.3) is 0 Å². The van der Waals surface area contributed by atoms with Crippen molar-refractivity contribution in [1.82, 2.24) is 0 Å². The first-order valence-corrected chi connectivity index (χ1v) is 10.2. The molecule has 2 aromatic rings. The van der Waals surface area contributed by atoms with Crippen LogP contribution in [-0.2, 0) is 19.3 Å². The summed E-state index contributed by atoms with van der Waals surface area (Å²) in [5.41, 5.74) is 5.78. The van der Waals surface area contributed by atoms with Crippen molar-refractivity contribution >= 4 is 0 Å². The standard InChI is InChI=1S/C12H18.C10H14.C3H8.CH4/c1-3-6-11-8-5-9-12(10-11)7-4-2;1-3-4-10-7-5-9(2)6-8-10;1-3-2;/h5,8-10H,3-4,6-7H2,1-2H3;5-8H,3-4H2,1-2H3;3H2,1-2H3;1H4. The topological polar surface area (TPSA) is 0 Å². The second kappa shape index (κ2) is 18.2. The normalized spacial score (nSPS) is 9.15. The maximum atomic E-state index is 2.34. The fourth-order valence-corrected chi connectivity index (χ4v) is 2.56. The van der Waals surface area contributed by atoms with Crippen LogP contribution in [0.25, 0.3) is 0 Å². The van der Waals surface area contributed by atoms with E-state index in [1.165, 1.54) is 67.2 Å². The monoisotopic (exact) mass is 356 g/mol. The van der Waals surface area contributed by atoms with E-state index in [9.17, 15) is 0 Å². The van der Waals surface area contributed by atoms with E-state index in [2.05, 4.69) is 90.1 Å². The fourth-order valence-electron chi connectivity index (χ4n) is 2.56. The Morgan fingerprint density at radius 1 is 0.577 bits per heavy atom. The summed E-state index contributed by atoms with van der Waals surface area (Å²) in [5, 5.41) is 0. The van der Waals surface area contributed by atoms with Gasteiger partial charge in [0, 0.05) is 0 Å². The highest BCUT2D eigenvalue weighted by molar-refractivity contribution is 5.23. The Morgan fingerprint density at radius 2 is 0.962 bits per heavy atom. The summed E-state index contributed by atoms with van der Waals surface area (Å²) >= 11 is 0. The van der Waals surface area contributed by atoms with Gasteiger partial charge in [0.05, 0.1) is 0 Å². The third-order valence-corrected chi connectivity index (χ3v) is 3.73. The minimum Gasteiger partial charge on any atom is -0.0776 e. The quantitative estimate of drug-likeness (QED) is 0.486. The number of rotatable bonds is 6. The molecule has 0 spiro atoms. The van der Waals surface area contributed by atoms with Gasteiger partial charge in [-0.1, -0.05) is 122 Å². The molecule has 2 rings (SSSR count). The van der Waals surface area contributed by atoms with Gasteiger partial charge >= 0.3 is 0 Å². The van der Waals surface area contributed by atoms with Gasteiger partial charge in [-0.3, -0.25) is 0 Å². The molecule has 0 amide bonds. The molecule has 2 aromatic carbocycles. The third-order valence-electron chi connectivity index (χ3n) is 3.73. The molecule has 0 bridgehead atoms. The second-order valence-electron chi connectivity index (χ2n) is 6.76. The zero-order valence-corrected chi connectivity index (χ0v) is 17.6. The first kappa shape index (κ1) is 26.7. The van der Waals surface area contributed by atoms with Gasteiger partial charge in [-0.05, 0) is 42.9 Å². The van der Waals surface area contributed by atoms with Crippen LogP contribution in [0.5, 0.6) is 0 Å². The van der Waals surface area contributed by atoms with Crippen LogP contribution in [0.2, 0.25) is 0 Å². The highest BCUT2D eigenvalue weighted by Gasteiger charge is 1.93.